The maximum atomic E-state index is 4.83. The second-order valence-corrected chi connectivity index (χ2v) is 7.39. The van der Waals surface area contributed by atoms with E-state index >= 15 is 0 Å². The standard InChI is InChI=1S/C17H31N5/c1-7-18-15(22-12-16(3,4)17(22,5)6)19-10-8-9-14-11-20-21-13(14)2/h11H,7-10,12H2,1-6H3,(H,18,19)(H,20,21). The summed E-state index contributed by atoms with van der Waals surface area (Å²) in [6.45, 7) is 16.3. The molecule has 1 aliphatic rings. The fourth-order valence-electron chi connectivity index (χ4n) is 2.88. The minimum atomic E-state index is 0.148. The van der Waals surface area contributed by atoms with Gasteiger partial charge in [0, 0.05) is 36.3 Å². The summed E-state index contributed by atoms with van der Waals surface area (Å²) in [4.78, 5) is 7.23. The maximum Gasteiger partial charge on any atom is 0.194 e. The first kappa shape index (κ1) is 16.8. The minimum Gasteiger partial charge on any atom is -0.356 e. The monoisotopic (exact) mass is 305 g/mol. The Kier molecular flexibility index (Phi) is 4.83. The second-order valence-electron chi connectivity index (χ2n) is 7.39. The van der Waals surface area contributed by atoms with Gasteiger partial charge in [-0.15, -0.1) is 0 Å². The molecule has 5 nitrogen and oxygen atoms in total. The Morgan fingerprint density at radius 2 is 2.14 bits per heavy atom. The summed E-state index contributed by atoms with van der Waals surface area (Å²) in [6, 6.07) is 0. The van der Waals surface area contributed by atoms with Gasteiger partial charge in [-0.25, -0.2) is 0 Å². The third-order valence-electron chi connectivity index (χ3n) is 5.28. The van der Waals surface area contributed by atoms with Crippen LogP contribution < -0.4 is 5.32 Å². The maximum absolute atomic E-state index is 4.83. The molecule has 0 saturated carbocycles. The molecule has 0 unspecified atom stereocenters. The smallest absolute Gasteiger partial charge is 0.194 e. The fraction of sp³-hybridized carbons (Fsp3) is 0.765. The van der Waals surface area contributed by atoms with Crippen LogP contribution in [0.1, 0.15) is 52.3 Å². The Labute approximate surface area is 134 Å². The van der Waals surface area contributed by atoms with E-state index in [1.165, 1.54) is 11.3 Å². The van der Waals surface area contributed by atoms with Crippen molar-refractivity contribution in [2.24, 2.45) is 10.4 Å². The molecule has 1 saturated heterocycles. The molecule has 2 heterocycles. The summed E-state index contributed by atoms with van der Waals surface area (Å²) in [7, 11) is 0. The van der Waals surface area contributed by atoms with E-state index in [4.69, 9.17) is 4.99 Å². The summed E-state index contributed by atoms with van der Waals surface area (Å²) in [5.74, 6) is 1.05. The van der Waals surface area contributed by atoms with Crippen molar-refractivity contribution in [1.82, 2.24) is 20.4 Å². The minimum absolute atomic E-state index is 0.148. The predicted octanol–water partition coefficient (Wildman–Crippen LogP) is 2.74. The number of likely N-dealkylation sites (tertiary alicyclic amines) is 1. The zero-order chi connectivity index (χ0) is 16.4. The summed E-state index contributed by atoms with van der Waals surface area (Å²) >= 11 is 0. The molecule has 22 heavy (non-hydrogen) atoms. The molecular formula is C17H31N5. The molecule has 124 valence electrons. The van der Waals surface area contributed by atoms with E-state index in [0.29, 0.717) is 5.41 Å². The number of aliphatic imine (C=N–C) groups is 1. The van der Waals surface area contributed by atoms with Crippen molar-refractivity contribution in [2.75, 3.05) is 19.6 Å². The van der Waals surface area contributed by atoms with E-state index in [2.05, 4.69) is 62.0 Å². The third-order valence-corrected chi connectivity index (χ3v) is 5.28. The van der Waals surface area contributed by atoms with Crippen LogP contribution in [0.25, 0.3) is 0 Å². The van der Waals surface area contributed by atoms with Gasteiger partial charge in [-0.3, -0.25) is 10.1 Å². The van der Waals surface area contributed by atoms with Gasteiger partial charge in [0.05, 0.1) is 6.20 Å². The molecule has 0 aliphatic carbocycles. The van der Waals surface area contributed by atoms with Crippen molar-refractivity contribution in [3.63, 3.8) is 0 Å². The van der Waals surface area contributed by atoms with Crippen molar-refractivity contribution < 1.29 is 0 Å². The lowest BCUT2D eigenvalue weighted by molar-refractivity contribution is -0.0667. The first-order chi connectivity index (χ1) is 10.3. The Morgan fingerprint density at radius 1 is 1.41 bits per heavy atom. The molecule has 0 atom stereocenters. The highest BCUT2D eigenvalue weighted by Gasteiger charge is 2.53. The highest BCUT2D eigenvalue weighted by atomic mass is 15.4. The molecule has 1 aliphatic heterocycles. The van der Waals surface area contributed by atoms with Gasteiger partial charge in [-0.05, 0) is 46.1 Å². The van der Waals surface area contributed by atoms with E-state index in [-0.39, 0.29) is 5.54 Å². The molecule has 0 spiro atoms. The fourth-order valence-corrected chi connectivity index (χ4v) is 2.88. The predicted molar refractivity (Wildman–Crippen MR) is 92.2 cm³/mol. The zero-order valence-electron chi connectivity index (χ0n) is 15.0. The van der Waals surface area contributed by atoms with Crippen LogP contribution in [0, 0.1) is 12.3 Å². The zero-order valence-corrected chi connectivity index (χ0v) is 15.0. The number of aromatic amines is 1. The Balaban J connectivity index is 1.93. The van der Waals surface area contributed by atoms with Gasteiger partial charge in [0.15, 0.2) is 5.96 Å². The average molecular weight is 305 g/mol. The summed E-state index contributed by atoms with van der Waals surface area (Å²) in [6.07, 6.45) is 4.00. The number of hydrogen-bond donors (Lipinski definition) is 2. The molecule has 0 radical (unpaired) electrons. The van der Waals surface area contributed by atoms with E-state index < -0.39 is 0 Å². The van der Waals surface area contributed by atoms with Crippen molar-refractivity contribution in [1.29, 1.82) is 0 Å². The summed E-state index contributed by atoms with van der Waals surface area (Å²) in [5, 5.41) is 10.5. The molecule has 1 aromatic heterocycles. The number of hydrogen-bond acceptors (Lipinski definition) is 2. The van der Waals surface area contributed by atoms with Crippen LogP contribution >= 0.6 is 0 Å². The normalized spacial score (nSPS) is 19.9. The third kappa shape index (κ3) is 3.13. The van der Waals surface area contributed by atoms with Crippen molar-refractivity contribution >= 4 is 5.96 Å². The van der Waals surface area contributed by atoms with E-state index in [1.54, 1.807) is 0 Å². The second kappa shape index (κ2) is 6.31. The molecule has 1 fully saturated rings. The summed E-state index contributed by atoms with van der Waals surface area (Å²) in [5.41, 5.74) is 2.94. The van der Waals surface area contributed by atoms with Gasteiger partial charge < -0.3 is 10.2 Å². The molecule has 0 aromatic carbocycles. The van der Waals surface area contributed by atoms with Crippen LogP contribution in [0.5, 0.6) is 0 Å². The summed E-state index contributed by atoms with van der Waals surface area (Å²) < 4.78 is 0. The molecule has 2 rings (SSSR count). The Bertz CT molecular complexity index is 527. The lowest BCUT2D eigenvalue weighted by Crippen LogP contribution is -2.72. The van der Waals surface area contributed by atoms with Crippen LogP contribution in [0.15, 0.2) is 11.2 Å². The quantitative estimate of drug-likeness (QED) is 0.499. The van der Waals surface area contributed by atoms with Crippen LogP contribution in [-0.2, 0) is 6.42 Å². The van der Waals surface area contributed by atoms with Gasteiger partial charge in [0.1, 0.15) is 0 Å². The van der Waals surface area contributed by atoms with E-state index in [9.17, 15) is 0 Å². The lowest BCUT2D eigenvalue weighted by atomic mass is 9.65. The number of H-pyrrole nitrogens is 1. The van der Waals surface area contributed by atoms with Gasteiger partial charge >= 0.3 is 0 Å². The van der Waals surface area contributed by atoms with Gasteiger partial charge in [0.2, 0.25) is 0 Å². The number of rotatable bonds is 5. The highest BCUT2D eigenvalue weighted by Crippen LogP contribution is 2.46. The van der Waals surface area contributed by atoms with Crippen molar-refractivity contribution in [3.05, 3.63) is 17.5 Å². The van der Waals surface area contributed by atoms with Crippen LogP contribution in [0.4, 0.5) is 0 Å². The van der Waals surface area contributed by atoms with Crippen LogP contribution in [0.3, 0.4) is 0 Å². The van der Waals surface area contributed by atoms with E-state index in [0.717, 1.165) is 38.4 Å². The van der Waals surface area contributed by atoms with Gasteiger partial charge in [-0.2, -0.15) is 5.10 Å². The van der Waals surface area contributed by atoms with Crippen LogP contribution in [0.2, 0.25) is 0 Å². The average Bonchev–Trinajstić information content (AvgIpc) is 2.85. The molecule has 0 amide bonds. The number of nitrogens with zero attached hydrogens (tertiary/aromatic N) is 3. The molecule has 1 aromatic rings. The van der Waals surface area contributed by atoms with Crippen molar-refractivity contribution in [3.8, 4) is 0 Å². The number of aromatic nitrogens is 2. The number of aryl methyl sites for hydroxylation is 2. The molecule has 2 N–H and O–H groups in total. The van der Waals surface area contributed by atoms with Crippen LogP contribution in [-0.4, -0.2) is 46.2 Å². The Hall–Kier alpha value is -1.52. The largest absolute Gasteiger partial charge is 0.356 e. The number of nitrogens with one attached hydrogen (secondary N) is 2. The highest BCUT2D eigenvalue weighted by molar-refractivity contribution is 5.82. The molecular weight excluding hydrogens is 274 g/mol. The van der Waals surface area contributed by atoms with E-state index in [1.807, 2.05) is 6.20 Å². The topological polar surface area (TPSA) is 56.3 Å². The molecule has 0 bridgehead atoms. The Morgan fingerprint density at radius 3 is 2.64 bits per heavy atom. The SMILES string of the molecule is CCNC(=NCCCc1cn[nH]c1C)N1CC(C)(C)C1(C)C. The lowest BCUT2D eigenvalue weighted by Gasteiger charge is -2.62. The first-order valence-electron chi connectivity index (χ1n) is 8.34. The van der Waals surface area contributed by atoms with Crippen molar-refractivity contribution in [2.45, 2.75) is 59.9 Å². The molecule has 5 heteroatoms. The first-order valence-corrected chi connectivity index (χ1v) is 8.34. The van der Waals surface area contributed by atoms with Gasteiger partial charge in [-0.1, -0.05) is 13.8 Å². The van der Waals surface area contributed by atoms with Gasteiger partial charge in [0.25, 0.3) is 0 Å². The number of guanidine groups is 1.